The van der Waals surface area contributed by atoms with Crippen molar-refractivity contribution in [2.24, 2.45) is 0 Å². The summed E-state index contributed by atoms with van der Waals surface area (Å²) in [6.45, 7) is 12.2. The van der Waals surface area contributed by atoms with Gasteiger partial charge in [-0.05, 0) is 37.6 Å². The topological polar surface area (TPSA) is 90.6 Å². The lowest BCUT2D eigenvalue weighted by molar-refractivity contribution is -0.121. The van der Waals surface area contributed by atoms with Crippen molar-refractivity contribution < 1.29 is 9.53 Å². The number of H-pyrrole nitrogens is 1. The number of morpholine rings is 1. The van der Waals surface area contributed by atoms with Crippen molar-refractivity contribution in [2.45, 2.75) is 46.7 Å². The molecule has 1 aliphatic rings. The van der Waals surface area contributed by atoms with Crippen LogP contribution in [0.2, 0.25) is 0 Å². The fourth-order valence-electron chi connectivity index (χ4n) is 3.89. The van der Waals surface area contributed by atoms with Crippen molar-refractivity contribution in [2.75, 3.05) is 44.3 Å². The molecule has 0 unspecified atom stereocenters. The Kier molecular flexibility index (Phi) is 8.81. The van der Waals surface area contributed by atoms with Gasteiger partial charge in [0.2, 0.25) is 11.9 Å². The maximum atomic E-state index is 12.6. The van der Waals surface area contributed by atoms with E-state index in [4.69, 9.17) is 4.74 Å². The molecule has 0 saturated carbocycles. The Morgan fingerprint density at radius 2 is 1.94 bits per heavy atom. The van der Waals surface area contributed by atoms with E-state index in [0.717, 1.165) is 25.2 Å². The lowest BCUT2D eigenvalue weighted by Gasteiger charge is -2.27. The highest BCUT2D eigenvalue weighted by molar-refractivity contribution is 5.76. The van der Waals surface area contributed by atoms with Crippen molar-refractivity contribution in [1.29, 1.82) is 0 Å². The Morgan fingerprint density at radius 1 is 1.22 bits per heavy atom. The monoisotopic (exact) mass is 441 g/mol. The third-order valence-electron chi connectivity index (χ3n) is 5.90. The number of nitrogens with one attached hydrogen (secondary N) is 2. The highest BCUT2D eigenvalue weighted by Crippen LogP contribution is 2.12. The average Bonchev–Trinajstić information content (AvgIpc) is 2.81. The first-order valence-corrected chi connectivity index (χ1v) is 11.5. The number of benzene rings is 1. The molecule has 174 valence electrons. The summed E-state index contributed by atoms with van der Waals surface area (Å²) in [5.41, 5.74) is 3.39. The highest BCUT2D eigenvalue weighted by atomic mass is 16.5. The van der Waals surface area contributed by atoms with Gasteiger partial charge in [0.25, 0.3) is 5.56 Å². The maximum Gasteiger partial charge on any atom is 0.255 e. The van der Waals surface area contributed by atoms with E-state index < -0.39 is 0 Å². The molecule has 1 fully saturated rings. The summed E-state index contributed by atoms with van der Waals surface area (Å²) in [6, 6.07) is 8.31. The number of aromatic nitrogens is 2. The van der Waals surface area contributed by atoms with Crippen LogP contribution >= 0.6 is 0 Å². The third kappa shape index (κ3) is 6.64. The van der Waals surface area contributed by atoms with Crippen LogP contribution in [-0.2, 0) is 29.0 Å². The molecule has 0 bridgehead atoms. The van der Waals surface area contributed by atoms with Crippen LogP contribution in [-0.4, -0.2) is 60.2 Å². The van der Waals surface area contributed by atoms with E-state index in [0.29, 0.717) is 56.5 Å². The molecule has 1 saturated heterocycles. The average molecular weight is 442 g/mol. The molecule has 1 aromatic heterocycles. The summed E-state index contributed by atoms with van der Waals surface area (Å²) >= 11 is 0. The maximum absolute atomic E-state index is 12.6. The van der Waals surface area contributed by atoms with E-state index in [9.17, 15) is 9.59 Å². The SMILES string of the molecule is CCN(CC)Cc1cccc(CNC(=O)CCc2c(C)nc(N3CCOCC3)[nH]c2=O)c1. The van der Waals surface area contributed by atoms with Gasteiger partial charge < -0.3 is 15.0 Å². The minimum Gasteiger partial charge on any atom is -0.378 e. The second-order valence-electron chi connectivity index (χ2n) is 8.11. The summed E-state index contributed by atoms with van der Waals surface area (Å²) in [7, 11) is 0. The zero-order valence-electron chi connectivity index (χ0n) is 19.4. The first kappa shape index (κ1) is 23.9. The number of aryl methyl sites for hydroxylation is 1. The van der Waals surface area contributed by atoms with Crippen LogP contribution in [0.4, 0.5) is 5.95 Å². The number of carbonyl (C=O) groups excluding carboxylic acids is 1. The fourth-order valence-corrected chi connectivity index (χ4v) is 3.89. The smallest absolute Gasteiger partial charge is 0.255 e. The second kappa shape index (κ2) is 11.8. The molecule has 32 heavy (non-hydrogen) atoms. The Balaban J connectivity index is 1.52. The van der Waals surface area contributed by atoms with Gasteiger partial charge in [-0.2, -0.15) is 0 Å². The van der Waals surface area contributed by atoms with Crippen molar-refractivity contribution in [3.8, 4) is 0 Å². The molecule has 0 aliphatic carbocycles. The minimum atomic E-state index is -0.170. The van der Waals surface area contributed by atoms with E-state index in [1.54, 1.807) is 0 Å². The first-order chi connectivity index (χ1) is 15.5. The molecule has 0 atom stereocenters. The van der Waals surface area contributed by atoms with Crippen LogP contribution in [0.1, 0.15) is 42.7 Å². The summed E-state index contributed by atoms with van der Waals surface area (Å²) in [5.74, 6) is 0.504. The molecule has 3 rings (SSSR count). The van der Waals surface area contributed by atoms with Crippen LogP contribution in [0.25, 0.3) is 0 Å². The molecule has 1 aliphatic heterocycles. The van der Waals surface area contributed by atoms with E-state index in [2.05, 4.69) is 46.2 Å². The summed E-state index contributed by atoms with van der Waals surface area (Å²) < 4.78 is 5.35. The Morgan fingerprint density at radius 3 is 2.62 bits per heavy atom. The van der Waals surface area contributed by atoms with Gasteiger partial charge in [-0.1, -0.05) is 38.1 Å². The molecule has 8 nitrogen and oxygen atoms in total. The Bertz CT molecular complexity index is 949. The van der Waals surface area contributed by atoms with Crippen LogP contribution in [0, 0.1) is 6.92 Å². The molecule has 2 heterocycles. The molecule has 0 spiro atoms. The molecule has 0 radical (unpaired) electrons. The number of anilines is 1. The van der Waals surface area contributed by atoms with Crippen LogP contribution in [0.15, 0.2) is 29.1 Å². The van der Waals surface area contributed by atoms with E-state index in [1.807, 2.05) is 24.0 Å². The van der Waals surface area contributed by atoms with Gasteiger partial charge >= 0.3 is 0 Å². The van der Waals surface area contributed by atoms with E-state index in [1.165, 1.54) is 5.56 Å². The first-order valence-electron chi connectivity index (χ1n) is 11.5. The molecule has 2 N–H and O–H groups in total. The van der Waals surface area contributed by atoms with E-state index in [-0.39, 0.29) is 17.9 Å². The van der Waals surface area contributed by atoms with Gasteiger partial charge in [0.05, 0.1) is 13.2 Å². The van der Waals surface area contributed by atoms with Crippen molar-refractivity contribution in [3.63, 3.8) is 0 Å². The number of hydrogen-bond donors (Lipinski definition) is 2. The fraction of sp³-hybridized carbons (Fsp3) is 0.542. The number of ether oxygens (including phenoxy) is 1. The third-order valence-corrected chi connectivity index (χ3v) is 5.90. The molecular formula is C24H35N5O3. The van der Waals surface area contributed by atoms with Gasteiger partial charge in [-0.15, -0.1) is 0 Å². The van der Waals surface area contributed by atoms with Crippen molar-refractivity contribution in [3.05, 3.63) is 57.0 Å². The highest BCUT2D eigenvalue weighted by Gasteiger charge is 2.16. The second-order valence-corrected chi connectivity index (χ2v) is 8.11. The molecule has 1 aromatic carbocycles. The lowest BCUT2D eigenvalue weighted by Crippen LogP contribution is -2.38. The number of nitrogens with zero attached hydrogens (tertiary/aromatic N) is 3. The Labute approximate surface area is 190 Å². The minimum absolute atomic E-state index is 0.0739. The number of carbonyl (C=O) groups is 1. The normalized spacial score (nSPS) is 14.1. The van der Waals surface area contributed by atoms with Crippen LogP contribution in [0.3, 0.4) is 0 Å². The van der Waals surface area contributed by atoms with Crippen molar-refractivity contribution >= 4 is 11.9 Å². The number of aromatic amines is 1. The molecule has 2 aromatic rings. The van der Waals surface area contributed by atoms with E-state index >= 15 is 0 Å². The van der Waals surface area contributed by atoms with Gasteiger partial charge in [0, 0.05) is 43.9 Å². The standard InChI is InChI=1S/C24H35N5O3/c1-4-28(5-2)17-20-8-6-7-19(15-20)16-25-22(30)10-9-21-18(3)26-24(27-23(21)31)29-11-13-32-14-12-29/h6-8,15H,4-5,9-14,16-17H2,1-3H3,(H,25,30)(H,26,27,31). The predicted octanol–water partition coefficient (Wildman–Crippen LogP) is 2.01. The number of rotatable bonds is 10. The number of hydrogen-bond acceptors (Lipinski definition) is 6. The van der Waals surface area contributed by atoms with Gasteiger partial charge in [-0.3, -0.25) is 19.5 Å². The zero-order valence-corrected chi connectivity index (χ0v) is 19.4. The van der Waals surface area contributed by atoms with Gasteiger partial charge in [0.1, 0.15) is 0 Å². The lowest BCUT2D eigenvalue weighted by atomic mass is 10.1. The number of amides is 1. The largest absolute Gasteiger partial charge is 0.378 e. The van der Waals surface area contributed by atoms with Crippen LogP contribution in [0.5, 0.6) is 0 Å². The van der Waals surface area contributed by atoms with Gasteiger partial charge in [0.15, 0.2) is 0 Å². The predicted molar refractivity (Wildman–Crippen MR) is 126 cm³/mol. The molecule has 1 amide bonds. The summed E-state index contributed by atoms with van der Waals surface area (Å²) in [5, 5.41) is 2.97. The quantitative estimate of drug-likeness (QED) is 0.586. The van der Waals surface area contributed by atoms with Gasteiger partial charge in [-0.25, -0.2) is 4.98 Å². The zero-order chi connectivity index (χ0) is 22.9. The summed E-state index contributed by atoms with van der Waals surface area (Å²) in [4.78, 5) is 36.8. The molecular weight excluding hydrogens is 406 g/mol. The Hall–Kier alpha value is -2.71. The molecule has 8 heteroatoms. The summed E-state index contributed by atoms with van der Waals surface area (Å²) in [6.07, 6.45) is 0.618. The van der Waals surface area contributed by atoms with Crippen molar-refractivity contribution in [1.82, 2.24) is 20.2 Å². The van der Waals surface area contributed by atoms with Crippen LogP contribution < -0.4 is 15.8 Å².